The molecule has 0 amide bonds. The fourth-order valence-electron chi connectivity index (χ4n) is 6.80. The average molecular weight is 633 g/mol. The highest BCUT2D eigenvalue weighted by molar-refractivity contribution is 6.20. The predicted octanol–water partition coefficient (Wildman–Crippen LogP) is 8.88. The first kappa shape index (κ1) is 27.2. The van der Waals surface area contributed by atoms with Gasteiger partial charge in [0.2, 0.25) is 0 Å². The highest BCUT2D eigenvalue weighted by Crippen LogP contribution is 2.38. The van der Waals surface area contributed by atoms with Crippen LogP contribution in [0.3, 0.4) is 0 Å². The van der Waals surface area contributed by atoms with Gasteiger partial charge in [0.05, 0.1) is 27.5 Å². The second-order valence-corrected chi connectivity index (χ2v) is 11.9. The van der Waals surface area contributed by atoms with Gasteiger partial charge < -0.3 is 8.98 Å². The molecule has 0 saturated carbocycles. The average Bonchev–Trinajstić information content (AvgIpc) is 3.71. The van der Waals surface area contributed by atoms with Crippen LogP contribution in [0.1, 0.15) is 0 Å². The van der Waals surface area contributed by atoms with E-state index >= 15 is 0 Å². The molecule has 8 heteroatoms. The van der Waals surface area contributed by atoms with E-state index in [1.807, 2.05) is 103 Å². The van der Waals surface area contributed by atoms with Crippen LogP contribution in [0, 0.1) is 0 Å². The van der Waals surface area contributed by atoms with Crippen LogP contribution in [-0.2, 0) is 0 Å². The number of benzene rings is 6. The van der Waals surface area contributed by atoms with E-state index in [2.05, 4.69) is 34.9 Å². The lowest BCUT2D eigenvalue weighted by Gasteiger charge is -2.11. The van der Waals surface area contributed by atoms with E-state index < -0.39 is 0 Å². The van der Waals surface area contributed by atoms with E-state index in [0.29, 0.717) is 34.0 Å². The minimum atomic E-state index is -0.163. The van der Waals surface area contributed by atoms with Crippen LogP contribution in [0.25, 0.3) is 89.5 Å². The number of hydrogen-bond donors (Lipinski definition) is 0. The van der Waals surface area contributed by atoms with Gasteiger partial charge in [-0.3, -0.25) is 4.79 Å². The molecule has 6 aromatic carbocycles. The van der Waals surface area contributed by atoms with Crippen molar-refractivity contribution < 1.29 is 4.42 Å². The van der Waals surface area contributed by atoms with Crippen LogP contribution in [0.2, 0.25) is 0 Å². The molecule has 8 nitrogen and oxygen atoms in total. The summed E-state index contributed by atoms with van der Waals surface area (Å²) in [5.74, 6) is 2.05. The molecular weight excluding hydrogens is 608 g/mol. The Morgan fingerprint density at radius 3 is 1.86 bits per heavy atom. The highest BCUT2D eigenvalue weighted by atomic mass is 16.4. The maximum absolute atomic E-state index is 13.9. The first-order valence-electron chi connectivity index (χ1n) is 16.0. The summed E-state index contributed by atoms with van der Waals surface area (Å²) in [4.78, 5) is 33.4. The first-order chi connectivity index (χ1) is 24.2. The number of rotatable bonds is 4. The summed E-state index contributed by atoms with van der Waals surface area (Å²) >= 11 is 0. The van der Waals surface area contributed by atoms with Crippen molar-refractivity contribution in [1.82, 2.24) is 28.9 Å². The van der Waals surface area contributed by atoms with Gasteiger partial charge in [0, 0.05) is 33.2 Å². The summed E-state index contributed by atoms with van der Waals surface area (Å²) in [6.07, 6.45) is 0. The molecule has 49 heavy (non-hydrogen) atoms. The third-order valence-corrected chi connectivity index (χ3v) is 9.00. The number of nitrogens with zero attached hydrogens (tertiary/aromatic N) is 6. The van der Waals surface area contributed by atoms with Gasteiger partial charge in [0.1, 0.15) is 5.58 Å². The summed E-state index contributed by atoms with van der Waals surface area (Å²) in [5, 5.41) is 2.43. The number of para-hydroxylation sites is 2. The summed E-state index contributed by atoms with van der Waals surface area (Å²) in [5.41, 5.74) is 7.29. The van der Waals surface area contributed by atoms with Gasteiger partial charge in [-0.2, -0.15) is 4.98 Å². The predicted molar refractivity (Wildman–Crippen MR) is 193 cm³/mol. The number of hydrogen-bond acceptors (Lipinski definition) is 6. The van der Waals surface area contributed by atoms with Gasteiger partial charge in [-0.05, 0) is 42.5 Å². The van der Waals surface area contributed by atoms with Gasteiger partial charge >= 0.3 is 5.84 Å². The third kappa shape index (κ3) is 4.21. The van der Waals surface area contributed by atoms with Crippen LogP contribution < -0.4 is 5.56 Å². The monoisotopic (exact) mass is 632 g/mol. The normalized spacial score (nSPS) is 11.8. The van der Waals surface area contributed by atoms with Crippen LogP contribution >= 0.6 is 0 Å². The SMILES string of the molecule is O=c1c2ccccc2oc2nc3ccc4c(c5ccccc5n4-c4cccc(-c5nc(-c6ccccc6)nc(-c6ccccc6)n5)c4)c3n12. The summed E-state index contributed by atoms with van der Waals surface area (Å²) in [7, 11) is 0. The van der Waals surface area contributed by atoms with Crippen molar-refractivity contribution in [2.45, 2.75) is 0 Å². The fraction of sp³-hybridized carbons (Fsp3) is 0. The topological polar surface area (TPSA) is 91.1 Å². The molecule has 0 bridgehead atoms. The Morgan fingerprint density at radius 1 is 0.510 bits per heavy atom. The van der Waals surface area contributed by atoms with E-state index in [0.717, 1.165) is 49.7 Å². The van der Waals surface area contributed by atoms with Crippen molar-refractivity contribution in [3.8, 4) is 39.9 Å². The summed E-state index contributed by atoms with van der Waals surface area (Å²) in [6.45, 7) is 0. The molecule has 0 saturated heterocycles. The smallest absolute Gasteiger partial charge is 0.310 e. The summed E-state index contributed by atoms with van der Waals surface area (Å²) in [6, 6.07) is 47.7. The first-order valence-corrected chi connectivity index (χ1v) is 16.0. The maximum Gasteiger partial charge on any atom is 0.310 e. The Balaban J connectivity index is 1.22. The lowest BCUT2D eigenvalue weighted by molar-refractivity contribution is 0.616. The van der Waals surface area contributed by atoms with E-state index in [-0.39, 0.29) is 11.4 Å². The van der Waals surface area contributed by atoms with E-state index in [1.165, 1.54) is 0 Å². The minimum absolute atomic E-state index is 0.163. The largest absolute Gasteiger partial charge is 0.424 e. The van der Waals surface area contributed by atoms with Gasteiger partial charge in [-0.25, -0.2) is 19.4 Å². The Hall–Kier alpha value is -6.93. The molecule has 0 spiro atoms. The molecule has 0 radical (unpaired) electrons. The van der Waals surface area contributed by atoms with E-state index in [4.69, 9.17) is 24.4 Å². The number of fused-ring (bicyclic) bond motifs is 8. The van der Waals surface area contributed by atoms with Crippen LogP contribution in [0.5, 0.6) is 0 Å². The van der Waals surface area contributed by atoms with Gasteiger partial charge in [0.15, 0.2) is 17.5 Å². The van der Waals surface area contributed by atoms with E-state index in [1.54, 1.807) is 16.5 Å². The zero-order valence-corrected chi connectivity index (χ0v) is 25.9. The Labute approximate surface area is 278 Å². The molecule has 0 aliphatic carbocycles. The minimum Gasteiger partial charge on any atom is -0.424 e. The maximum atomic E-state index is 13.9. The number of aromatic nitrogens is 6. The summed E-state index contributed by atoms with van der Waals surface area (Å²) < 4.78 is 9.96. The van der Waals surface area contributed by atoms with Crippen molar-refractivity contribution in [2.75, 3.05) is 0 Å². The molecule has 0 atom stereocenters. The van der Waals surface area contributed by atoms with Crippen molar-refractivity contribution in [3.05, 3.63) is 156 Å². The van der Waals surface area contributed by atoms with Crippen molar-refractivity contribution in [3.63, 3.8) is 0 Å². The molecule has 0 aliphatic heterocycles. The Bertz CT molecular complexity index is 2910. The second-order valence-electron chi connectivity index (χ2n) is 11.9. The Kier molecular flexibility index (Phi) is 5.86. The van der Waals surface area contributed by atoms with E-state index in [9.17, 15) is 4.79 Å². The molecule has 10 rings (SSSR count). The molecule has 0 unspecified atom stereocenters. The molecule has 4 aromatic heterocycles. The highest BCUT2D eigenvalue weighted by Gasteiger charge is 2.21. The molecule has 0 fully saturated rings. The van der Waals surface area contributed by atoms with Crippen LogP contribution in [-0.4, -0.2) is 28.9 Å². The molecule has 4 heterocycles. The van der Waals surface area contributed by atoms with Crippen molar-refractivity contribution in [2.24, 2.45) is 0 Å². The Morgan fingerprint density at radius 2 is 1.12 bits per heavy atom. The van der Waals surface area contributed by atoms with Crippen LogP contribution in [0.15, 0.2) is 155 Å². The number of imidazole rings is 1. The lowest BCUT2D eigenvalue weighted by atomic mass is 10.1. The standard InChI is InChI=1S/C41H24N6O2/c48-40-30-19-8-10-21-34(30)49-41-42-31-22-23-33-35(36(31)47(40)41)29-18-7-9-20-32(29)46(33)28-17-11-16-27(24-28)39-44-37(25-12-3-1-4-13-25)43-38(45-39)26-14-5-2-6-15-26/h1-24H. The quantitative estimate of drug-likeness (QED) is 0.193. The zero-order valence-electron chi connectivity index (χ0n) is 25.9. The van der Waals surface area contributed by atoms with Crippen molar-refractivity contribution in [1.29, 1.82) is 0 Å². The molecule has 0 aliphatic rings. The second kappa shape index (κ2) is 10.5. The molecular formula is C41H24N6O2. The third-order valence-electron chi connectivity index (χ3n) is 9.00. The zero-order chi connectivity index (χ0) is 32.5. The van der Waals surface area contributed by atoms with Crippen LogP contribution in [0.4, 0.5) is 0 Å². The van der Waals surface area contributed by atoms with Crippen molar-refractivity contribution >= 4 is 49.7 Å². The molecule has 230 valence electrons. The fourth-order valence-corrected chi connectivity index (χ4v) is 6.80. The molecule has 10 aromatic rings. The van der Waals surface area contributed by atoms with Gasteiger partial charge in [0.25, 0.3) is 5.56 Å². The molecule has 0 N–H and O–H groups in total. The van der Waals surface area contributed by atoms with Gasteiger partial charge in [-0.1, -0.05) is 103 Å². The lowest BCUT2D eigenvalue weighted by Crippen LogP contribution is -2.12. The van der Waals surface area contributed by atoms with Gasteiger partial charge in [-0.15, -0.1) is 0 Å².